The quantitative estimate of drug-likeness (QED) is 0.358. The summed E-state index contributed by atoms with van der Waals surface area (Å²) in [6.45, 7) is 3.94. The zero-order chi connectivity index (χ0) is 25.8. The molecule has 1 heterocycles. The molecule has 1 atom stereocenters. The minimum Gasteiger partial charge on any atom is -0.334 e. The van der Waals surface area contributed by atoms with E-state index in [1.54, 1.807) is 24.3 Å². The van der Waals surface area contributed by atoms with Gasteiger partial charge in [-0.2, -0.15) is 26.3 Å². The molecule has 0 radical (unpaired) electrons. The molecule has 3 rings (SSSR count). The SMILES string of the molecule is CC1CCCCN1CCCN(Cc1ccc(Cl)cc1)C(=O)c1cc(C(F)(F)F)cc(C(F)(F)F)c1. The molecule has 1 aliphatic heterocycles. The lowest BCUT2D eigenvalue weighted by Gasteiger charge is -2.34. The van der Waals surface area contributed by atoms with E-state index in [0.717, 1.165) is 25.8 Å². The Balaban J connectivity index is 1.87. The second-order valence-corrected chi connectivity index (χ2v) is 9.32. The van der Waals surface area contributed by atoms with Gasteiger partial charge >= 0.3 is 12.4 Å². The molecule has 1 unspecified atom stereocenters. The summed E-state index contributed by atoms with van der Waals surface area (Å²) in [7, 11) is 0. The Morgan fingerprint density at radius 3 is 2.14 bits per heavy atom. The Bertz CT molecular complexity index is 974. The molecule has 0 spiro atoms. The van der Waals surface area contributed by atoms with Crippen molar-refractivity contribution >= 4 is 17.5 Å². The van der Waals surface area contributed by atoms with Gasteiger partial charge < -0.3 is 9.80 Å². The van der Waals surface area contributed by atoms with Crippen molar-refractivity contribution in [2.24, 2.45) is 0 Å². The van der Waals surface area contributed by atoms with E-state index >= 15 is 0 Å². The number of carbonyl (C=O) groups is 1. The van der Waals surface area contributed by atoms with Gasteiger partial charge in [-0.15, -0.1) is 0 Å². The summed E-state index contributed by atoms with van der Waals surface area (Å²) in [6, 6.07) is 7.95. The van der Waals surface area contributed by atoms with Crippen molar-refractivity contribution in [1.82, 2.24) is 9.80 Å². The molecule has 192 valence electrons. The van der Waals surface area contributed by atoms with E-state index in [1.165, 1.54) is 4.90 Å². The van der Waals surface area contributed by atoms with Gasteiger partial charge in [-0.05, 0) is 68.6 Å². The summed E-state index contributed by atoms with van der Waals surface area (Å²) in [5.74, 6) is -0.886. The highest BCUT2D eigenvalue weighted by atomic mass is 35.5. The molecule has 1 amide bonds. The number of amides is 1. The van der Waals surface area contributed by atoms with Crippen LogP contribution in [0.25, 0.3) is 0 Å². The fraction of sp³-hybridized carbons (Fsp3) is 0.480. The Kier molecular flexibility index (Phi) is 8.75. The van der Waals surface area contributed by atoms with Crippen molar-refractivity contribution in [2.75, 3.05) is 19.6 Å². The molecule has 1 aliphatic rings. The van der Waals surface area contributed by atoms with Crippen molar-refractivity contribution in [3.8, 4) is 0 Å². The number of likely N-dealkylation sites (tertiary alicyclic amines) is 1. The van der Waals surface area contributed by atoms with Crippen molar-refractivity contribution in [2.45, 2.75) is 57.5 Å². The first-order valence-electron chi connectivity index (χ1n) is 11.4. The molecule has 0 aromatic heterocycles. The lowest BCUT2D eigenvalue weighted by atomic mass is 10.0. The third-order valence-corrected chi connectivity index (χ3v) is 6.47. The molecule has 0 aliphatic carbocycles. The third-order valence-electron chi connectivity index (χ3n) is 6.22. The average Bonchev–Trinajstić information content (AvgIpc) is 2.79. The Morgan fingerprint density at radius 1 is 1.00 bits per heavy atom. The van der Waals surface area contributed by atoms with Gasteiger partial charge in [0.25, 0.3) is 5.91 Å². The number of benzene rings is 2. The minimum atomic E-state index is -5.03. The van der Waals surface area contributed by atoms with E-state index in [0.29, 0.717) is 41.7 Å². The molecule has 3 nitrogen and oxygen atoms in total. The number of carbonyl (C=O) groups excluding carboxylic acids is 1. The Labute approximate surface area is 205 Å². The van der Waals surface area contributed by atoms with Crippen LogP contribution in [0.15, 0.2) is 42.5 Å². The highest BCUT2D eigenvalue weighted by molar-refractivity contribution is 6.30. The molecule has 1 saturated heterocycles. The van der Waals surface area contributed by atoms with Crippen molar-refractivity contribution in [1.29, 1.82) is 0 Å². The fourth-order valence-electron chi connectivity index (χ4n) is 4.28. The van der Waals surface area contributed by atoms with Crippen LogP contribution in [0.3, 0.4) is 0 Å². The maximum atomic E-state index is 13.3. The van der Waals surface area contributed by atoms with E-state index in [2.05, 4.69) is 11.8 Å². The molecular weight excluding hydrogens is 494 g/mol. The summed E-state index contributed by atoms with van der Waals surface area (Å²) in [6.07, 6.45) is -6.23. The van der Waals surface area contributed by atoms with Crippen LogP contribution in [-0.2, 0) is 18.9 Å². The molecule has 2 aromatic rings. The summed E-state index contributed by atoms with van der Waals surface area (Å²) in [4.78, 5) is 16.9. The first kappa shape index (κ1) is 27.3. The molecule has 10 heteroatoms. The Morgan fingerprint density at radius 2 is 1.60 bits per heavy atom. The van der Waals surface area contributed by atoms with E-state index in [4.69, 9.17) is 11.6 Å². The molecule has 0 saturated carbocycles. The van der Waals surface area contributed by atoms with E-state index in [1.807, 2.05) is 0 Å². The van der Waals surface area contributed by atoms with Crippen LogP contribution in [0.4, 0.5) is 26.3 Å². The number of hydrogen-bond donors (Lipinski definition) is 0. The molecule has 1 fully saturated rings. The highest BCUT2D eigenvalue weighted by Gasteiger charge is 2.38. The number of piperidine rings is 1. The second kappa shape index (κ2) is 11.2. The molecule has 35 heavy (non-hydrogen) atoms. The molecule has 2 aromatic carbocycles. The van der Waals surface area contributed by atoms with Gasteiger partial charge in [0.05, 0.1) is 11.1 Å². The predicted molar refractivity (Wildman–Crippen MR) is 122 cm³/mol. The summed E-state index contributed by atoms with van der Waals surface area (Å²) in [5, 5.41) is 0.471. The fourth-order valence-corrected chi connectivity index (χ4v) is 4.40. The van der Waals surface area contributed by atoms with E-state index in [-0.39, 0.29) is 19.2 Å². The zero-order valence-electron chi connectivity index (χ0n) is 19.2. The normalized spacial score (nSPS) is 17.4. The minimum absolute atomic E-state index is 0.0259. The highest BCUT2D eigenvalue weighted by Crippen LogP contribution is 2.36. The van der Waals surface area contributed by atoms with Gasteiger partial charge in [-0.1, -0.05) is 30.2 Å². The maximum absolute atomic E-state index is 13.3. The predicted octanol–water partition coefficient (Wildman–Crippen LogP) is 7.28. The summed E-state index contributed by atoms with van der Waals surface area (Å²) >= 11 is 5.91. The Hall–Kier alpha value is -2.26. The summed E-state index contributed by atoms with van der Waals surface area (Å²) in [5.41, 5.74) is -3.00. The average molecular weight is 521 g/mol. The van der Waals surface area contributed by atoms with Crippen LogP contribution in [0.1, 0.15) is 59.7 Å². The van der Waals surface area contributed by atoms with Crippen LogP contribution < -0.4 is 0 Å². The van der Waals surface area contributed by atoms with Crippen LogP contribution in [0, 0.1) is 0 Å². The van der Waals surface area contributed by atoms with Gasteiger partial charge in [0, 0.05) is 36.3 Å². The third kappa shape index (κ3) is 7.61. The lowest BCUT2D eigenvalue weighted by molar-refractivity contribution is -0.143. The standard InChI is InChI=1S/C25H27ClF6N2O/c1-17-5-2-3-10-33(17)11-4-12-34(16-18-6-8-22(26)9-7-18)23(35)19-13-20(24(27,28)29)15-21(14-19)25(30,31)32/h6-9,13-15,17H,2-5,10-12,16H2,1H3. The van der Waals surface area contributed by atoms with Crippen molar-refractivity contribution < 1.29 is 31.1 Å². The largest absolute Gasteiger partial charge is 0.416 e. The number of hydrogen-bond acceptors (Lipinski definition) is 2. The van der Waals surface area contributed by atoms with Gasteiger partial charge in [0.1, 0.15) is 0 Å². The number of nitrogens with zero attached hydrogens (tertiary/aromatic N) is 2. The van der Waals surface area contributed by atoms with Crippen LogP contribution in [0.2, 0.25) is 5.02 Å². The number of alkyl halides is 6. The van der Waals surface area contributed by atoms with Crippen LogP contribution >= 0.6 is 11.6 Å². The van der Waals surface area contributed by atoms with Gasteiger partial charge in [0.15, 0.2) is 0 Å². The lowest BCUT2D eigenvalue weighted by Crippen LogP contribution is -2.40. The first-order chi connectivity index (χ1) is 16.3. The smallest absolute Gasteiger partial charge is 0.334 e. The van der Waals surface area contributed by atoms with Crippen LogP contribution in [-0.4, -0.2) is 41.4 Å². The molecular formula is C25H27ClF6N2O. The second-order valence-electron chi connectivity index (χ2n) is 8.88. The zero-order valence-corrected chi connectivity index (χ0v) is 20.0. The van der Waals surface area contributed by atoms with Crippen molar-refractivity contribution in [3.05, 3.63) is 69.7 Å². The maximum Gasteiger partial charge on any atom is 0.416 e. The number of rotatable bonds is 7. The first-order valence-corrected chi connectivity index (χ1v) is 11.8. The topological polar surface area (TPSA) is 23.6 Å². The monoisotopic (exact) mass is 520 g/mol. The van der Waals surface area contributed by atoms with Crippen molar-refractivity contribution in [3.63, 3.8) is 0 Å². The summed E-state index contributed by atoms with van der Waals surface area (Å²) < 4.78 is 79.9. The van der Waals surface area contributed by atoms with Crippen LogP contribution in [0.5, 0.6) is 0 Å². The van der Waals surface area contributed by atoms with E-state index in [9.17, 15) is 31.1 Å². The number of halogens is 7. The van der Waals surface area contributed by atoms with Gasteiger partial charge in [-0.3, -0.25) is 4.79 Å². The van der Waals surface area contributed by atoms with Gasteiger partial charge in [-0.25, -0.2) is 0 Å². The molecule has 0 bridgehead atoms. The van der Waals surface area contributed by atoms with Gasteiger partial charge in [0.2, 0.25) is 0 Å². The van der Waals surface area contributed by atoms with E-state index < -0.39 is 35.0 Å². The molecule has 0 N–H and O–H groups in total.